The van der Waals surface area contributed by atoms with E-state index >= 15 is 0 Å². The maximum atomic E-state index is 14.1. The van der Waals surface area contributed by atoms with Gasteiger partial charge in [0, 0.05) is 55.4 Å². The third-order valence-electron chi connectivity index (χ3n) is 8.41. The number of carbonyl (C=O) groups excluding carboxylic acids is 2. The van der Waals surface area contributed by atoms with Gasteiger partial charge >= 0.3 is 12.1 Å². The second kappa shape index (κ2) is 12.4. The lowest BCUT2D eigenvalue weighted by atomic mass is 9.80. The molecule has 10 nitrogen and oxygen atoms in total. The molecule has 0 spiro atoms. The number of nitrogens with zero attached hydrogens (tertiary/aromatic N) is 6. The summed E-state index contributed by atoms with van der Waals surface area (Å²) in [5, 5.41) is 9.29. The van der Waals surface area contributed by atoms with Crippen LogP contribution in [-0.4, -0.2) is 68.3 Å². The smallest absolute Gasteiger partial charge is 0.391 e. The molecule has 44 heavy (non-hydrogen) atoms. The lowest BCUT2D eigenvalue weighted by Gasteiger charge is -2.37. The van der Waals surface area contributed by atoms with Gasteiger partial charge in [-0.05, 0) is 63.6 Å². The zero-order chi connectivity index (χ0) is 30.8. The molecule has 1 saturated heterocycles. The molecule has 6 rings (SSSR count). The Labute approximate surface area is 251 Å². The number of anilines is 1. The maximum Gasteiger partial charge on any atom is 0.391 e. The molecule has 2 aliphatic rings. The number of amides is 1. The van der Waals surface area contributed by atoms with Crippen molar-refractivity contribution in [2.45, 2.75) is 57.7 Å². The largest absolute Gasteiger partial charge is 0.462 e. The van der Waals surface area contributed by atoms with E-state index < -0.39 is 24.0 Å². The van der Waals surface area contributed by atoms with Gasteiger partial charge in [0.2, 0.25) is 5.91 Å². The molecular formula is C31H33F3N6O4. The molecule has 13 heteroatoms. The van der Waals surface area contributed by atoms with Gasteiger partial charge in [-0.1, -0.05) is 12.1 Å². The first-order chi connectivity index (χ1) is 21.2. The zero-order valence-corrected chi connectivity index (χ0v) is 24.2. The highest BCUT2D eigenvalue weighted by Crippen LogP contribution is 2.41. The Balaban J connectivity index is 1.33. The number of carbonyl (C=O) groups is 2. The molecule has 1 aromatic carbocycles. The lowest BCUT2D eigenvalue weighted by molar-refractivity contribution is -0.184. The van der Waals surface area contributed by atoms with Gasteiger partial charge in [-0.2, -0.15) is 18.3 Å². The van der Waals surface area contributed by atoms with Gasteiger partial charge in [-0.25, -0.2) is 19.0 Å². The molecular weight excluding hydrogens is 577 g/mol. The average Bonchev–Trinajstić information content (AvgIpc) is 3.67. The molecule has 1 saturated carbocycles. The van der Waals surface area contributed by atoms with E-state index in [2.05, 4.69) is 10.1 Å². The van der Waals surface area contributed by atoms with E-state index in [9.17, 15) is 22.8 Å². The number of ether oxygens (including phenoxy) is 2. The van der Waals surface area contributed by atoms with Gasteiger partial charge in [-0.3, -0.25) is 9.69 Å². The van der Waals surface area contributed by atoms with Crippen LogP contribution in [0.4, 0.5) is 19.0 Å². The van der Waals surface area contributed by atoms with Crippen molar-refractivity contribution < 1.29 is 32.2 Å². The predicted molar refractivity (Wildman–Crippen MR) is 154 cm³/mol. The normalized spacial score (nSPS) is 19.6. The molecule has 4 aromatic rings. The van der Waals surface area contributed by atoms with Crippen molar-refractivity contribution in [2.75, 3.05) is 24.7 Å². The van der Waals surface area contributed by atoms with Crippen LogP contribution in [0.3, 0.4) is 0 Å². The first kappa shape index (κ1) is 29.8. The number of halogens is 3. The third kappa shape index (κ3) is 6.05. The van der Waals surface area contributed by atoms with Gasteiger partial charge in [0.25, 0.3) is 0 Å². The van der Waals surface area contributed by atoms with Crippen LogP contribution in [0.5, 0.6) is 0 Å². The number of benzene rings is 1. The van der Waals surface area contributed by atoms with E-state index in [0.717, 1.165) is 11.3 Å². The Morgan fingerprint density at radius 1 is 1.05 bits per heavy atom. The number of alkyl halides is 3. The summed E-state index contributed by atoms with van der Waals surface area (Å²) >= 11 is 0. The zero-order valence-electron chi connectivity index (χ0n) is 24.2. The third-order valence-corrected chi connectivity index (χ3v) is 8.41. The molecule has 1 amide bonds. The lowest BCUT2D eigenvalue weighted by Crippen LogP contribution is -2.48. The summed E-state index contributed by atoms with van der Waals surface area (Å²) in [5.41, 5.74) is 3.06. The highest BCUT2D eigenvalue weighted by atomic mass is 19.4. The van der Waals surface area contributed by atoms with Gasteiger partial charge in [-0.15, -0.1) is 5.10 Å². The van der Waals surface area contributed by atoms with Crippen LogP contribution in [0.25, 0.3) is 22.6 Å². The first-order valence-electron chi connectivity index (χ1n) is 14.9. The van der Waals surface area contributed by atoms with Crippen LogP contribution >= 0.6 is 0 Å². The van der Waals surface area contributed by atoms with Crippen LogP contribution in [0.1, 0.15) is 55.8 Å². The molecule has 0 atom stereocenters. The SMILES string of the molecule is CCOC(=O)c1cn(-c2ccc(-c3cc4ncccn4n3)cc2)nc1N(C(=O)[C@H]1CC[C@H](C(F)(F)F)CC1)C1CCOCC1. The molecule has 0 bridgehead atoms. The molecule has 2 fully saturated rings. The number of fused-ring (bicyclic) bond motifs is 1. The van der Waals surface area contributed by atoms with Crippen molar-refractivity contribution in [3.8, 4) is 16.9 Å². The van der Waals surface area contributed by atoms with E-state index in [-0.39, 0.29) is 55.6 Å². The monoisotopic (exact) mass is 610 g/mol. The minimum Gasteiger partial charge on any atom is -0.462 e. The van der Waals surface area contributed by atoms with Crippen LogP contribution in [0, 0.1) is 11.8 Å². The highest BCUT2D eigenvalue weighted by Gasteiger charge is 2.44. The fourth-order valence-electron chi connectivity index (χ4n) is 6.05. The minimum absolute atomic E-state index is 0.102. The van der Waals surface area contributed by atoms with E-state index in [1.54, 1.807) is 23.7 Å². The minimum atomic E-state index is -4.28. The van der Waals surface area contributed by atoms with Crippen molar-refractivity contribution in [3.05, 3.63) is 60.6 Å². The number of hydrogen-bond acceptors (Lipinski definition) is 7. The second-order valence-corrected chi connectivity index (χ2v) is 11.2. The van der Waals surface area contributed by atoms with Crippen molar-refractivity contribution in [1.82, 2.24) is 24.4 Å². The summed E-state index contributed by atoms with van der Waals surface area (Å²) in [4.78, 5) is 33.1. The van der Waals surface area contributed by atoms with Crippen LogP contribution in [0.2, 0.25) is 0 Å². The number of hydrogen-bond donors (Lipinski definition) is 0. The summed E-state index contributed by atoms with van der Waals surface area (Å²) in [6.45, 7) is 2.66. The first-order valence-corrected chi connectivity index (χ1v) is 14.9. The standard InChI is InChI=1S/C31H33F3N6O4/c1-2-44-30(42)25-19-39(23-10-6-20(7-11-23)26-18-27-35-14-3-15-38(27)36-26)37-28(25)40(24-12-16-43-17-13-24)29(41)21-4-8-22(9-5-21)31(32,33)34/h3,6-7,10-11,14-15,18-19,21-22,24H,2,4-5,8-9,12-13,16-17H2,1H3/t21-,22-. The summed E-state index contributed by atoms with van der Waals surface area (Å²) < 4.78 is 54.1. The summed E-state index contributed by atoms with van der Waals surface area (Å²) in [5.74, 6) is -2.81. The molecule has 4 heterocycles. The fourth-order valence-corrected chi connectivity index (χ4v) is 6.05. The Kier molecular flexibility index (Phi) is 8.39. The number of esters is 1. The second-order valence-electron chi connectivity index (χ2n) is 11.2. The molecule has 3 aromatic heterocycles. The molecule has 0 N–H and O–H groups in total. The van der Waals surface area contributed by atoms with E-state index in [4.69, 9.17) is 14.6 Å². The summed E-state index contributed by atoms with van der Waals surface area (Å²) in [6, 6.07) is 10.8. The predicted octanol–water partition coefficient (Wildman–Crippen LogP) is 5.64. The van der Waals surface area contributed by atoms with Crippen LogP contribution in [-0.2, 0) is 14.3 Å². The molecule has 0 radical (unpaired) electrons. The van der Waals surface area contributed by atoms with Gasteiger partial charge in [0.05, 0.1) is 23.9 Å². The Hall–Kier alpha value is -4.26. The number of aromatic nitrogens is 5. The maximum absolute atomic E-state index is 14.1. The van der Waals surface area contributed by atoms with Gasteiger partial charge < -0.3 is 9.47 Å². The highest BCUT2D eigenvalue weighted by molar-refractivity contribution is 6.02. The topological polar surface area (TPSA) is 104 Å². The van der Waals surface area contributed by atoms with Crippen molar-refractivity contribution in [2.24, 2.45) is 11.8 Å². The van der Waals surface area contributed by atoms with E-state index in [1.807, 2.05) is 36.5 Å². The van der Waals surface area contributed by atoms with Crippen LogP contribution in [0.15, 0.2) is 55.0 Å². The van der Waals surface area contributed by atoms with Gasteiger partial charge in [0.15, 0.2) is 11.5 Å². The Morgan fingerprint density at radius 3 is 2.43 bits per heavy atom. The van der Waals surface area contributed by atoms with E-state index in [1.165, 1.54) is 15.8 Å². The van der Waals surface area contributed by atoms with Gasteiger partial charge in [0.1, 0.15) is 5.56 Å². The van der Waals surface area contributed by atoms with E-state index in [0.29, 0.717) is 37.4 Å². The average molecular weight is 611 g/mol. The Bertz CT molecular complexity index is 1590. The van der Waals surface area contributed by atoms with Crippen molar-refractivity contribution in [1.29, 1.82) is 0 Å². The molecule has 1 aliphatic heterocycles. The number of rotatable bonds is 7. The molecule has 0 unspecified atom stereocenters. The fraction of sp³-hybridized carbons (Fsp3) is 0.452. The summed E-state index contributed by atoms with van der Waals surface area (Å²) in [7, 11) is 0. The molecule has 232 valence electrons. The van der Waals surface area contributed by atoms with Crippen molar-refractivity contribution in [3.63, 3.8) is 0 Å². The van der Waals surface area contributed by atoms with Crippen molar-refractivity contribution >= 4 is 23.3 Å². The Morgan fingerprint density at radius 2 is 1.77 bits per heavy atom. The summed E-state index contributed by atoms with van der Waals surface area (Å²) in [6.07, 6.45) is 1.85. The molecule has 1 aliphatic carbocycles. The van der Waals surface area contributed by atoms with Crippen LogP contribution < -0.4 is 4.90 Å². The quantitative estimate of drug-likeness (QED) is 0.250.